The van der Waals surface area contributed by atoms with Crippen molar-refractivity contribution in [2.75, 3.05) is 11.9 Å². The van der Waals surface area contributed by atoms with E-state index in [0.717, 1.165) is 23.9 Å². The van der Waals surface area contributed by atoms with E-state index in [1.54, 1.807) is 0 Å². The summed E-state index contributed by atoms with van der Waals surface area (Å²) in [5, 5.41) is 3.40. The molecule has 3 nitrogen and oxygen atoms in total. The molecule has 94 valence electrons. The minimum absolute atomic E-state index is 0.455. The van der Waals surface area contributed by atoms with Crippen LogP contribution in [0.25, 0.3) is 0 Å². The molecule has 2 rings (SSSR count). The molecule has 1 aliphatic rings. The third-order valence-corrected chi connectivity index (χ3v) is 3.70. The molecule has 0 radical (unpaired) electrons. The fourth-order valence-electron chi connectivity index (χ4n) is 2.22. The molecule has 1 aromatic rings. The molecule has 0 bridgehead atoms. The summed E-state index contributed by atoms with van der Waals surface area (Å²) in [6.45, 7) is 9.69. The minimum Gasteiger partial charge on any atom is -0.354 e. The van der Waals surface area contributed by atoms with Crippen LogP contribution in [0.2, 0.25) is 0 Å². The van der Waals surface area contributed by atoms with Crippen LogP contribution in [0.3, 0.4) is 0 Å². The maximum absolute atomic E-state index is 4.57. The van der Waals surface area contributed by atoms with Crippen molar-refractivity contribution in [1.29, 1.82) is 0 Å². The van der Waals surface area contributed by atoms with Gasteiger partial charge in [0.1, 0.15) is 0 Å². The van der Waals surface area contributed by atoms with Gasteiger partial charge in [0.25, 0.3) is 0 Å². The van der Waals surface area contributed by atoms with E-state index < -0.39 is 0 Å². The second kappa shape index (κ2) is 4.63. The first kappa shape index (κ1) is 12.3. The molecule has 1 saturated carbocycles. The van der Waals surface area contributed by atoms with Crippen LogP contribution in [0, 0.1) is 12.3 Å². The third-order valence-electron chi connectivity index (χ3n) is 3.70. The van der Waals surface area contributed by atoms with Gasteiger partial charge in [-0.15, -0.1) is 0 Å². The molecular formula is C14H23N3. The highest BCUT2D eigenvalue weighted by molar-refractivity contribution is 5.29. The van der Waals surface area contributed by atoms with Crippen LogP contribution in [0.4, 0.5) is 5.95 Å². The van der Waals surface area contributed by atoms with E-state index in [-0.39, 0.29) is 0 Å². The first-order chi connectivity index (χ1) is 7.98. The molecule has 0 spiro atoms. The molecule has 3 heteroatoms. The predicted octanol–water partition coefficient (Wildman–Crippen LogP) is 3.51. The zero-order valence-corrected chi connectivity index (χ0v) is 11.4. The lowest BCUT2D eigenvalue weighted by molar-refractivity contribution is 0.179. The Kier molecular flexibility index (Phi) is 3.36. The van der Waals surface area contributed by atoms with E-state index in [4.69, 9.17) is 0 Å². The van der Waals surface area contributed by atoms with Crippen LogP contribution < -0.4 is 5.32 Å². The maximum atomic E-state index is 4.57. The van der Waals surface area contributed by atoms with E-state index in [1.807, 2.05) is 6.92 Å². The summed E-state index contributed by atoms with van der Waals surface area (Å²) in [7, 11) is 0. The molecular weight excluding hydrogens is 210 g/mol. The Morgan fingerprint density at radius 2 is 2.06 bits per heavy atom. The molecule has 0 aliphatic heterocycles. The summed E-state index contributed by atoms with van der Waals surface area (Å²) in [4.78, 5) is 9.03. The van der Waals surface area contributed by atoms with Gasteiger partial charge >= 0.3 is 0 Å². The molecule has 0 atom stereocenters. The van der Waals surface area contributed by atoms with Crippen molar-refractivity contribution < 1.29 is 0 Å². The maximum Gasteiger partial charge on any atom is 0.223 e. The molecule has 0 unspecified atom stereocenters. The number of hydrogen-bond acceptors (Lipinski definition) is 3. The van der Waals surface area contributed by atoms with Gasteiger partial charge < -0.3 is 5.32 Å². The fraction of sp³-hybridized carbons (Fsp3) is 0.714. The number of nitrogens with zero attached hydrogens (tertiary/aromatic N) is 2. The molecule has 1 aliphatic carbocycles. The van der Waals surface area contributed by atoms with Crippen molar-refractivity contribution in [2.24, 2.45) is 5.41 Å². The smallest absolute Gasteiger partial charge is 0.223 e. The Hall–Kier alpha value is -1.12. The number of aromatic nitrogens is 2. The highest BCUT2D eigenvalue weighted by Gasteiger charge is 2.31. The van der Waals surface area contributed by atoms with Crippen LogP contribution in [-0.2, 0) is 0 Å². The van der Waals surface area contributed by atoms with Crippen molar-refractivity contribution >= 4 is 5.95 Å². The number of hydrogen-bond donors (Lipinski definition) is 1. The van der Waals surface area contributed by atoms with Gasteiger partial charge in [-0.2, -0.15) is 0 Å². The first-order valence-electron chi connectivity index (χ1n) is 6.58. The van der Waals surface area contributed by atoms with E-state index in [9.17, 15) is 0 Å². The van der Waals surface area contributed by atoms with Crippen LogP contribution in [0.15, 0.2) is 6.07 Å². The van der Waals surface area contributed by atoms with Gasteiger partial charge in [-0.25, -0.2) is 9.97 Å². The first-order valence-corrected chi connectivity index (χ1v) is 6.58. The summed E-state index contributed by atoms with van der Waals surface area (Å²) in [6, 6.07) is 2.07. The van der Waals surface area contributed by atoms with Gasteiger partial charge in [0, 0.05) is 17.9 Å². The van der Waals surface area contributed by atoms with Crippen molar-refractivity contribution in [1.82, 2.24) is 9.97 Å². The van der Waals surface area contributed by atoms with Crippen LogP contribution >= 0.6 is 0 Å². The van der Waals surface area contributed by atoms with Crippen molar-refractivity contribution in [3.8, 4) is 0 Å². The van der Waals surface area contributed by atoms with Gasteiger partial charge in [-0.05, 0) is 37.2 Å². The Morgan fingerprint density at radius 3 is 2.59 bits per heavy atom. The number of anilines is 1. The molecule has 1 fully saturated rings. The number of nitrogens with one attached hydrogen (secondary N) is 1. The quantitative estimate of drug-likeness (QED) is 0.864. The number of aryl methyl sites for hydroxylation is 1. The van der Waals surface area contributed by atoms with Crippen LogP contribution in [-0.4, -0.2) is 16.5 Å². The predicted molar refractivity (Wildman–Crippen MR) is 71.3 cm³/mol. The Labute approximate surface area is 104 Å². The summed E-state index contributed by atoms with van der Waals surface area (Å²) in [5.41, 5.74) is 2.63. The van der Waals surface area contributed by atoms with Crippen molar-refractivity contribution in [3.63, 3.8) is 0 Å². The van der Waals surface area contributed by atoms with Crippen molar-refractivity contribution in [2.45, 2.75) is 52.9 Å². The normalized spacial score (nSPS) is 17.9. The highest BCUT2D eigenvalue weighted by atomic mass is 15.1. The van der Waals surface area contributed by atoms with Crippen molar-refractivity contribution in [3.05, 3.63) is 17.5 Å². The Balaban J connectivity index is 2.04. The average molecular weight is 233 g/mol. The van der Waals surface area contributed by atoms with E-state index >= 15 is 0 Å². The second-order valence-corrected chi connectivity index (χ2v) is 5.93. The third kappa shape index (κ3) is 2.96. The van der Waals surface area contributed by atoms with Gasteiger partial charge in [-0.3, -0.25) is 0 Å². The highest BCUT2D eigenvalue weighted by Crippen LogP contribution is 2.40. The largest absolute Gasteiger partial charge is 0.354 e. The lowest BCUT2D eigenvalue weighted by Gasteiger charge is -2.38. The van der Waals surface area contributed by atoms with Crippen LogP contribution in [0.1, 0.15) is 57.3 Å². The molecule has 1 N–H and O–H groups in total. The Morgan fingerprint density at radius 1 is 1.35 bits per heavy atom. The standard InChI is InChI=1S/C14H23N3/c1-10(2)12-8-11(3)16-13(17-12)15-9-14(4)6-5-7-14/h8,10H,5-7,9H2,1-4H3,(H,15,16,17). The molecule has 0 aromatic carbocycles. The van der Waals surface area contributed by atoms with Crippen LogP contribution in [0.5, 0.6) is 0 Å². The van der Waals surface area contributed by atoms with Gasteiger partial charge in [0.2, 0.25) is 5.95 Å². The number of rotatable bonds is 4. The van der Waals surface area contributed by atoms with Gasteiger partial charge in [-0.1, -0.05) is 27.2 Å². The molecule has 1 aromatic heterocycles. The van der Waals surface area contributed by atoms with E-state index in [2.05, 4.69) is 42.1 Å². The average Bonchev–Trinajstić information content (AvgIpc) is 2.23. The van der Waals surface area contributed by atoms with Gasteiger partial charge in [0.15, 0.2) is 0 Å². The summed E-state index contributed by atoms with van der Waals surface area (Å²) in [5.74, 6) is 1.25. The monoisotopic (exact) mass is 233 g/mol. The Bertz CT molecular complexity index is 394. The summed E-state index contributed by atoms with van der Waals surface area (Å²) >= 11 is 0. The fourth-order valence-corrected chi connectivity index (χ4v) is 2.22. The SMILES string of the molecule is Cc1cc(C(C)C)nc(NCC2(C)CCC2)n1. The topological polar surface area (TPSA) is 37.8 Å². The summed E-state index contributed by atoms with van der Waals surface area (Å²) < 4.78 is 0. The zero-order chi connectivity index (χ0) is 12.5. The van der Waals surface area contributed by atoms with E-state index in [0.29, 0.717) is 11.3 Å². The molecule has 0 saturated heterocycles. The summed E-state index contributed by atoms with van der Waals surface area (Å²) in [6.07, 6.45) is 4.01. The lowest BCUT2D eigenvalue weighted by atomic mass is 9.70. The van der Waals surface area contributed by atoms with Gasteiger partial charge in [0.05, 0.1) is 0 Å². The minimum atomic E-state index is 0.455. The lowest BCUT2D eigenvalue weighted by Crippen LogP contribution is -2.33. The second-order valence-electron chi connectivity index (χ2n) is 5.93. The molecule has 17 heavy (non-hydrogen) atoms. The van der Waals surface area contributed by atoms with E-state index in [1.165, 1.54) is 19.3 Å². The molecule has 1 heterocycles. The zero-order valence-electron chi connectivity index (χ0n) is 11.4. The molecule has 0 amide bonds.